The number of rotatable bonds is 2. The molecule has 0 unspecified atom stereocenters. The molecule has 0 spiro atoms. The third-order valence-corrected chi connectivity index (χ3v) is 5.50. The highest BCUT2D eigenvalue weighted by Crippen LogP contribution is 2.34. The van der Waals surface area contributed by atoms with Gasteiger partial charge < -0.3 is 9.47 Å². The number of aromatic nitrogens is 4. The van der Waals surface area contributed by atoms with E-state index < -0.39 is 0 Å². The molecular formula is C23H23N5O. The molecule has 1 fully saturated rings. The van der Waals surface area contributed by atoms with Crippen LogP contribution in [0.1, 0.15) is 43.0 Å². The molecule has 1 amide bonds. The quantitative estimate of drug-likeness (QED) is 0.524. The number of likely N-dealkylation sites (tertiary alicyclic amines) is 1. The van der Waals surface area contributed by atoms with Crippen LogP contribution in [0.25, 0.3) is 22.1 Å². The fourth-order valence-electron chi connectivity index (χ4n) is 4.01. The molecule has 29 heavy (non-hydrogen) atoms. The maximum absolute atomic E-state index is 13.0. The van der Waals surface area contributed by atoms with Gasteiger partial charge in [0, 0.05) is 36.5 Å². The van der Waals surface area contributed by atoms with E-state index in [-0.39, 0.29) is 17.4 Å². The Balaban J connectivity index is 1.42. The lowest BCUT2D eigenvalue weighted by Gasteiger charge is -2.42. The standard InChI is InChI=1S/C23H23N5O/c1-23(2,3)22-26-18-6-4-5-7-20(18)28(22)16-13-27(14-16)21(29)15-8-9-17-19(12-15)25-11-10-24-17/h4-12,16H,13-14H2,1-3H3. The van der Waals surface area contributed by atoms with Crippen molar-refractivity contribution in [2.45, 2.75) is 32.2 Å². The average Bonchev–Trinajstić information content (AvgIpc) is 3.06. The summed E-state index contributed by atoms with van der Waals surface area (Å²) in [4.78, 5) is 28.4. The first-order chi connectivity index (χ1) is 13.9. The molecule has 3 heterocycles. The van der Waals surface area contributed by atoms with E-state index in [1.165, 1.54) is 0 Å². The van der Waals surface area contributed by atoms with E-state index in [0.29, 0.717) is 18.7 Å². The molecule has 146 valence electrons. The molecule has 6 nitrogen and oxygen atoms in total. The van der Waals surface area contributed by atoms with E-state index in [1.54, 1.807) is 12.4 Å². The topological polar surface area (TPSA) is 63.9 Å². The van der Waals surface area contributed by atoms with Gasteiger partial charge in [-0.05, 0) is 30.3 Å². The lowest BCUT2D eigenvalue weighted by atomic mass is 9.94. The van der Waals surface area contributed by atoms with Gasteiger partial charge in [-0.3, -0.25) is 14.8 Å². The van der Waals surface area contributed by atoms with Crippen LogP contribution in [-0.2, 0) is 5.41 Å². The minimum absolute atomic E-state index is 0.0375. The molecule has 0 aliphatic carbocycles. The van der Waals surface area contributed by atoms with Crippen molar-refractivity contribution in [1.82, 2.24) is 24.4 Å². The summed E-state index contributed by atoms with van der Waals surface area (Å²) in [5.74, 6) is 1.10. The summed E-state index contributed by atoms with van der Waals surface area (Å²) in [6.07, 6.45) is 3.31. The lowest BCUT2D eigenvalue weighted by Crippen LogP contribution is -2.51. The van der Waals surface area contributed by atoms with Crippen LogP contribution in [0.3, 0.4) is 0 Å². The zero-order valence-corrected chi connectivity index (χ0v) is 16.8. The second kappa shape index (κ2) is 6.37. The van der Waals surface area contributed by atoms with Gasteiger partial charge in [0.25, 0.3) is 5.91 Å². The molecule has 2 aromatic heterocycles. The van der Waals surface area contributed by atoms with Crippen LogP contribution in [0.15, 0.2) is 54.9 Å². The van der Waals surface area contributed by atoms with Crippen molar-refractivity contribution >= 4 is 28.0 Å². The summed E-state index contributed by atoms with van der Waals surface area (Å²) >= 11 is 0. The summed E-state index contributed by atoms with van der Waals surface area (Å²) in [7, 11) is 0. The van der Waals surface area contributed by atoms with Crippen LogP contribution in [0.4, 0.5) is 0 Å². The summed E-state index contributed by atoms with van der Waals surface area (Å²) in [5.41, 5.74) is 4.27. The zero-order valence-electron chi connectivity index (χ0n) is 16.8. The highest BCUT2D eigenvalue weighted by atomic mass is 16.2. The fraction of sp³-hybridized carbons (Fsp3) is 0.304. The minimum Gasteiger partial charge on any atom is -0.334 e. The molecular weight excluding hydrogens is 362 g/mol. The number of nitrogens with zero attached hydrogens (tertiary/aromatic N) is 5. The summed E-state index contributed by atoms with van der Waals surface area (Å²) in [6, 6.07) is 14.0. The fourth-order valence-corrected chi connectivity index (χ4v) is 4.01. The predicted molar refractivity (Wildman–Crippen MR) is 113 cm³/mol. The average molecular weight is 385 g/mol. The van der Waals surface area contributed by atoms with Gasteiger partial charge in [0.2, 0.25) is 0 Å². The number of benzene rings is 2. The van der Waals surface area contributed by atoms with Crippen LogP contribution in [0, 0.1) is 0 Å². The number of carbonyl (C=O) groups excluding carboxylic acids is 1. The smallest absolute Gasteiger partial charge is 0.254 e. The molecule has 1 aliphatic heterocycles. The molecule has 1 aliphatic rings. The molecule has 0 bridgehead atoms. The van der Waals surface area contributed by atoms with Crippen molar-refractivity contribution < 1.29 is 4.79 Å². The van der Waals surface area contributed by atoms with Crippen molar-refractivity contribution in [2.24, 2.45) is 0 Å². The Bertz CT molecular complexity index is 1230. The second-order valence-corrected chi connectivity index (χ2v) is 8.67. The second-order valence-electron chi connectivity index (χ2n) is 8.67. The Labute approximate surface area is 169 Å². The van der Waals surface area contributed by atoms with Gasteiger partial charge in [0.1, 0.15) is 5.82 Å². The van der Waals surface area contributed by atoms with Gasteiger partial charge in [0.15, 0.2) is 0 Å². The van der Waals surface area contributed by atoms with Gasteiger partial charge in [-0.1, -0.05) is 32.9 Å². The molecule has 2 aromatic carbocycles. The van der Waals surface area contributed by atoms with Crippen molar-refractivity contribution in [3.63, 3.8) is 0 Å². The monoisotopic (exact) mass is 385 g/mol. The zero-order chi connectivity index (χ0) is 20.2. The molecule has 1 saturated heterocycles. The van der Waals surface area contributed by atoms with Crippen LogP contribution < -0.4 is 0 Å². The molecule has 0 N–H and O–H groups in total. The van der Waals surface area contributed by atoms with Crippen LogP contribution in [0.5, 0.6) is 0 Å². The molecule has 0 atom stereocenters. The maximum Gasteiger partial charge on any atom is 0.254 e. The van der Waals surface area contributed by atoms with E-state index in [4.69, 9.17) is 4.98 Å². The molecule has 0 radical (unpaired) electrons. The number of amides is 1. The van der Waals surface area contributed by atoms with Crippen molar-refractivity contribution in [1.29, 1.82) is 0 Å². The van der Waals surface area contributed by atoms with E-state index in [9.17, 15) is 4.79 Å². The predicted octanol–water partition coefficient (Wildman–Crippen LogP) is 3.97. The Morgan fingerprint density at radius 1 is 0.966 bits per heavy atom. The van der Waals surface area contributed by atoms with Gasteiger partial charge in [-0.2, -0.15) is 0 Å². The Morgan fingerprint density at radius 3 is 2.45 bits per heavy atom. The summed E-state index contributed by atoms with van der Waals surface area (Å²) in [5, 5.41) is 0. The van der Waals surface area contributed by atoms with Crippen LogP contribution in [-0.4, -0.2) is 43.4 Å². The van der Waals surface area contributed by atoms with Gasteiger partial charge >= 0.3 is 0 Å². The van der Waals surface area contributed by atoms with Crippen molar-refractivity contribution in [2.75, 3.05) is 13.1 Å². The van der Waals surface area contributed by atoms with Crippen molar-refractivity contribution in [3.05, 3.63) is 66.2 Å². The number of carbonyl (C=O) groups is 1. The Kier molecular flexibility index (Phi) is 3.91. The number of hydrogen-bond donors (Lipinski definition) is 0. The van der Waals surface area contributed by atoms with Crippen LogP contribution in [0.2, 0.25) is 0 Å². The molecule has 4 aromatic rings. The molecule has 0 saturated carbocycles. The van der Waals surface area contributed by atoms with Gasteiger partial charge in [0.05, 0.1) is 28.1 Å². The van der Waals surface area contributed by atoms with E-state index in [2.05, 4.69) is 47.4 Å². The van der Waals surface area contributed by atoms with E-state index in [1.807, 2.05) is 35.2 Å². The third-order valence-electron chi connectivity index (χ3n) is 5.50. The number of imidazole rings is 1. The highest BCUT2D eigenvalue weighted by Gasteiger charge is 2.36. The number of fused-ring (bicyclic) bond motifs is 2. The van der Waals surface area contributed by atoms with Gasteiger partial charge in [-0.25, -0.2) is 4.98 Å². The number of para-hydroxylation sites is 2. The molecule has 6 heteroatoms. The van der Waals surface area contributed by atoms with E-state index in [0.717, 1.165) is 27.9 Å². The first-order valence-corrected chi connectivity index (χ1v) is 9.89. The summed E-state index contributed by atoms with van der Waals surface area (Å²) < 4.78 is 2.32. The highest BCUT2D eigenvalue weighted by molar-refractivity contribution is 5.97. The Hall–Kier alpha value is -3.28. The largest absolute Gasteiger partial charge is 0.334 e. The number of hydrogen-bond acceptors (Lipinski definition) is 4. The van der Waals surface area contributed by atoms with Gasteiger partial charge in [-0.15, -0.1) is 0 Å². The third kappa shape index (κ3) is 2.95. The summed E-state index contributed by atoms with van der Waals surface area (Å²) in [6.45, 7) is 7.91. The lowest BCUT2D eigenvalue weighted by molar-refractivity contribution is 0.0518. The SMILES string of the molecule is CC(C)(C)c1nc2ccccc2n1C1CN(C(=O)c2ccc3nccnc3c2)C1. The normalized spacial score (nSPS) is 15.1. The van der Waals surface area contributed by atoms with Crippen LogP contribution >= 0.6 is 0 Å². The van der Waals surface area contributed by atoms with Crippen molar-refractivity contribution in [3.8, 4) is 0 Å². The van der Waals surface area contributed by atoms with E-state index >= 15 is 0 Å². The Morgan fingerprint density at radius 2 is 1.69 bits per heavy atom. The first-order valence-electron chi connectivity index (χ1n) is 9.89. The maximum atomic E-state index is 13.0. The molecule has 5 rings (SSSR count). The minimum atomic E-state index is -0.0690. The first kappa shape index (κ1) is 17.8.